The lowest BCUT2D eigenvalue weighted by Crippen LogP contribution is -2.41. The van der Waals surface area contributed by atoms with Gasteiger partial charge in [-0.3, -0.25) is 0 Å². The highest BCUT2D eigenvalue weighted by Crippen LogP contribution is 2.31. The monoisotopic (exact) mass is 506 g/mol. The SMILES string of the molecule is COC1CCCN(CCc2cc(F)c(Oc3ncnc(OC4CCN(C(=O)O)CC4)c3C)cc2F)C1. The minimum atomic E-state index is -0.950. The summed E-state index contributed by atoms with van der Waals surface area (Å²) in [6, 6.07) is 2.22. The number of aromatic nitrogens is 2. The van der Waals surface area contributed by atoms with Crippen molar-refractivity contribution in [2.75, 3.05) is 39.8 Å². The van der Waals surface area contributed by atoms with Crippen molar-refractivity contribution in [2.24, 2.45) is 0 Å². The predicted octanol–water partition coefficient (Wildman–Crippen LogP) is 4.03. The van der Waals surface area contributed by atoms with Gasteiger partial charge in [0, 0.05) is 52.2 Å². The van der Waals surface area contributed by atoms with E-state index in [0.29, 0.717) is 44.5 Å². The van der Waals surface area contributed by atoms with E-state index in [4.69, 9.17) is 19.3 Å². The molecule has 1 atom stereocenters. The Kier molecular flexibility index (Phi) is 8.52. The van der Waals surface area contributed by atoms with Gasteiger partial charge in [-0.15, -0.1) is 0 Å². The van der Waals surface area contributed by atoms with Crippen molar-refractivity contribution < 1.29 is 32.9 Å². The van der Waals surface area contributed by atoms with E-state index in [1.807, 2.05) is 0 Å². The number of piperidine rings is 2. The summed E-state index contributed by atoms with van der Waals surface area (Å²) < 4.78 is 46.7. The van der Waals surface area contributed by atoms with Crippen molar-refractivity contribution >= 4 is 6.09 Å². The number of amides is 1. The van der Waals surface area contributed by atoms with Gasteiger partial charge in [-0.25, -0.2) is 23.5 Å². The van der Waals surface area contributed by atoms with Crippen LogP contribution in [-0.4, -0.2) is 83.0 Å². The van der Waals surface area contributed by atoms with Crippen LogP contribution >= 0.6 is 0 Å². The molecule has 1 amide bonds. The van der Waals surface area contributed by atoms with Gasteiger partial charge in [0.25, 0.3) is 0 Å². The zero-order chi connectivity index (χ0) is 25.7. The lowest BCUT2D eigenvalue weighted by Gasteiger charge is -2.31. The number of likely N-dealkylation sites (tertiary alicyclic amines) is 2. The summed E-state index contributed by atoms with van der Waals surface area (Å²) in [6.07, 6.45) is 3.72. The second-order valence-electron chi connectivity index (χ2n) is 9.22. The molecule has 196 valence electrons. The number of ether oxygens (including phenoxy) is 3. The summed E-state index contributed by atoms with van der Waals surface area (Å²) in [5, 5.41) is 9.09. The Morgan fingerprint density at radius 3 is 2.56 bits per heavy atom. The van der Waals surface area contributed by atoms with Crippen LogP contribution in [0.1, 0.15) is 36.8 Å². The Morgan fingerprint density at radius 2 is 1.83 bits per heavy atom. The summed E-state index contributed by atoms with van der Waals surface area (Å²) in [6.45, 7) is 4.74. The van der Waals surface area contributed by atoms with Crippen LogP contribution in [0, 0.1) is 18.6 Å². The van der Waals surface area contributed by atoms with Crippen LogP contribution in [0.3, 0.4) is 0 Å². The first-order valence-electron chi connectivity index (χ1n) is 12.2. The van der Waals surface area contributed by atoms with Gasteiger partial charge < -0.3 is 29.1 Å². The standard InChI is InChI=1S/C25H32F2N4O5/c1-16-23(35-18-6-10-31(11-7-18)25(32)33)28-15-29-24(16)36-22-13-20(26)17(12-21(22)27)5-9-30-8-3-4-19(14-30)34-2/h12-13,15,18-19H,3-11,14H2,1-2H3,(H,32,33). The molecule has 1 unspecified atom stereocenters. The van der Waals surface area contributed by atoms with E-state index in [9.17, 15) is 13.6 Å². The van der Waals surface area contributed by atoms with Gasteiger partial charge in [0.1, 0.15) is 18.2 Å². The van der Waals surface area contributed by atoms with Crippen LogP contribution in [-0.2, 0) is 11.2 Å². The molecule has 0 radical (unpaired) electrons. The minimum Gasteiger partial charge on any atom is -0.474 e. The molecule has 0 spiro atoms. The molecule has 1 aromatic carbocycles. The van der Waals surface area contributed by atoms with Crippen LogP contribution in [0.5, 0.6) is 17.5 Å². The molecular weight excluding hydrogens is 474 g/mol. The molecule has 3 heterocycles. The maximum Gasteiger partial charge on any atom is 0.407 e. The van der Waals surface area contributed by atoms with Crippen molar-refractivity contribution in [1.29, 1.82) is 0 Å². The fourth-order valence-corrected chi connectivity index (χ4v) is 4.59. The molecule has 0 aliphatic carbocycles. The van der Waals surface area contributed by atoms with Gasteiger partial charge in [-0.1, -0.05) is 0 Å². The summed E-state index contributed by atoms with van der Waals surface area (Å²) >= 11 is 0. The third-order valence-electron chi connectivity index (χ3n) is 6.78. The fourth-order valence-electron chi connectivity index (χ4n) is 4.59. The van der Waals surface area contributed by atoms with Crippen LogP contribution in [0.2, 0.25) is 0 Å². The number of benzene rings is 1. The second-order valence-corrected chi connectivity index (χ2v) is 9.22. The molecule has 0 bridgehead atoms. The maximum absolute atomic E-state index is 14.9. The van der Waals surface area contributed by atoms with Gasteiger partial charge in [0.15, 0.2) is 11.6 Å². The highest BCUT2D eigenvalue weighted by Gasteiger charge is 2.25. The lowest BCUT2D eigenvalue weighted by atomic mass is 10.1. The molecule has 4 rings (SSSR count). The largest absolute Gasteiger partial charge is 0.474 e. The predicted molar refractivity (Wildman–Crippen MR) is 127 cm³/mol. The van der Waals surface area contributed by atoms with Crippen LogP contribution in [0.15, 0.2) is 18.5 Å². The van der Waals surface area contributed by atoms with E-state index < -0.39 is 17.7 Å². The molecule has 1 N–H and O–H groups in total. The number of carbonyl (C=O) groups is 1. The second kappa shape index (κ2) is 11.8. The van der Waals surface area contributed by atoms with Gasteiger partial charge in [-0.2, -0.15) is 0 Å². The Bertz CT molecular complexity index is 1060. The van der Waals surface area contributed by atoms with E-state index in [1.54, 1.807) is 14.0 Å². The molecule has 2 fully saturated rings. The van der Waals surface area contributed by atoms with E-state index >= 15 is 0 Å². The zero-order valence-corrected chi connectivity index (χ0v) is 20.6. The molecule has 0 saturated carbocycles. The highest BCUT2D eigenvalue weighted by molar-refractivity contribution is 5.65. The molecule has 9 nitrogen and oxygen atoms in total. The number of methoxy groups -OCH3 is 1. The Balaban J connectivity index is 1.38. The Morgan fingerprint density at radius 1 is 1.08 bits per heavy atom. The highest BCUT2D eigenvalue weighted by atomic mass is 19.1. The molecule has 36 heavy (non-hydrogen) atoms. The third-order valence-corrected chi connectivity index (χ3v) is 6.78. The van der Waals surface area contributed by atoms with Gasteiger partial charge >= 0.3 is 6.09 Å². The molecular formula is C25H32F2N4O5. The van der Waals surface area contributed by atoms with Crippen LogP contribution in [0.4, 0.5) is 13.6 Å². The fraction of sp³-hybridized carbons (Fsp3) is 0.560. The number of hydrogen-bond donors (Lipinski definition) is 1. The number of hydrogen-bond acceptors (Lipinski definition) is 7. The molecule has 11 heteroatoms. The van der Waals surface area contributed by atoms with Crippen molar-refractivity contribution in [2.45, 2.75) is 51.2 Å². The van der Waals surface area contributed by atoms with Crippen molar-refractivity contribution in [3.8, 4) is 17.5 Å². The smallest absolute Gasteiger partial charge is 0.407 e. The number of halogens is 2. The molecule has 2 saturated heterocycles. The van der Waals surface area contributed by atoms with E-state index in [0.717, 1.165) is 32.0 Å². The van der Waals surface area contributed by atoms with E-state index in [1.165, 1.54) is 17.3 Å². The first-order valence-corrected chi connectivity index (χ1v) is 12.2. The van der Waals surface area contributed by atoms with Crippen molar-refractivity contribution in [3.63, 3.8) is 0 Å². The third kappa shape index (κ3) is 6.38. The average Bonchev–Trinajstić information content (AvgIpc) is 2.88. The molecule has 2 aliphatic heterocycles. The summed E-state index contributed by atoms with van der Waals surface area (Å²) in [4.78, 5) is 22.8. The first kappa shape index (κ1) is 26.0. The number of carboxylic acid groups (broad SMARTS) is 1. The van der Waals surface area contributed by atoms with Crippen molar-refractivity contribution in [1.82, 2.24) is 19.8 Å². The van der Waals surface area contributed by atoms with Crippen LogP contribution < -0.4 is 9.47 Å². The quantitative estimate of drug-likeness (QED) is 0.573. The number of rotatable bonds is 8. The maximum atomic E-state index is 14.9. The topological polar surface area (TPSA) is 97.3 Å². The molecule has 2 aliphatic rings. The van der Waals surface area contributed by atoms with Crippen molar-refractivity contribution in [3.05, 3.63) is 41.2 Å². The summed E-state index contributed by atoms with van der Waals surface area (Å²) in [7, 11) is 1.70. The van der Waals surface area contributed by atoms with Gasteiger partial charge in [0.05, 0.1) is 11.7 Å². The zero-order valence-electron chi connectivity index (χ0n) is 20.6. The van der Waals surface area contributed by atoms with Gasteiger partial charge in [-0.05, 0) is 44.4 Å². The number of nitrogens with zero attached hydrogens (tertiary/aromatic N) is 4. The Labute approximate surface area is 209 Å². The normalized spacial score (nSPS) is 19.3. The minimum absolute atomic E-state index is 0.0629. The van der Waals surface area contributed by atoms with E-state index in [2.05, 4.69) is 14.9 Å². The average molecular weight is 507 g/mol. The van der Waals surface area contributed by atoms with Gasteiger partial charge in [0.2, 0.25) is 11.8 Å². The van der Waals surface area contributed by atoms with Crippen LogP contribution in [0.25, 0.3) is 0 Å². The molecule has 1 aromatic heterocycles. The summed E-state index contributed by atoms with van der Waals surface area (Å²) in [5.74, 6) is -1.16. The summed E-state index contributed by atoms with van der Waals surface area (Å²) in [5.41, 5.74) is 0.732. The molecule has 2 aromatic rings. The Hall–Kier alpha value is -3.05. The lowest BCUT2D eigenvalue weighted by molar-refractivity contribution is 0.0318. The van der Waals surface area contributed by atoms with E-state index in [-0.39, 0.29) is 35.3 Å². The first-order chi connectivity index (χ1) is 17.3.